The molecule has 1 rings (SSSR count). The Hall–Kier alpha value is -1.50. The molecule has 0 fully saturated rings. The smallest absolute Gasteiger partial charge is 0.0314 e. The molecular formula is C11H15N. The minimum absolute atomic E-state index is 0.829. The Morgan fingerprint density at radius 1 is 1.08 bits per heavy atom. The maximum atomic E-state index is 5.43. The Kier molecular flexibility index (Phi) is 5.45. The number of aryl methyl sites for hydroxylation is 1. The summed E-state index contributed by atoms with van der Waals surface area (Å²) >= 11 is 0. The van der Waals surface area contributed by atoms with E-state index in [1.165, 1.54) is 5.56 Å². The molecule has 0 aromatic heterocycles. The lowest BCUT2D eigenvalue weighted by Crippen LogP contribution is -1.81. The van der Waals surface area contributed by atoms with Gasteiger partial charge in [0.05, 0.1) is 0 Å². The van der Waals surface area contributed by atoms with E-state index in [2.05, 4.69) is 13.2 Å². The fraction of sp³-hybridized carbons (Fsp3) is 0.0909. The lowest BCUT2D eigenvalue weighted by Gasteiger charge is -1.90. The Bertz CT molecular complexity index is 207. The number of hydrogen-bond donors (Lipinski definition) is 1. The molecule has 0 aliphatic rings. The molecule has 1 aromatic carbocycles. The zero-order valence-corrected chi connectivity index (χ0v) is 7.46. The molecule has 0 aliphatic heterocycles. The second kappa shape index (κ2) is 6.23. The first-order valence-corrected chi connectivity index (χ1v) is 3.76. The van der Waals surface area contributed by atoms with Crippen molar-refractivity contribution in [3.63, 3.8) is 0 Å². The van der Waals surface area contributed by atoms with Gasteiger partial charge < -0.3 is 5.73 Å². The van der Waals surface area contributed by atoms with Gasteiger partial charge >= 0.3 is 0 Å². The molecule has 0 saturated carbocycles. The first kappa shape index (κ1) is 10.5. The van der Waals surface area contributed by atoms with Gasteiger partial charge in [-0.25, -0.2) is 0 Å². The maximum absolute atomic E-state index is 5.43. The van der Waals surface area contributed by atoms with Crippen molar-refractivity contribution >= 4 is 5.69 Å². The maximum Gasteiger partial charge on any atom is 0.0314 e. The molecule has 1 heteroatoms. The summed E-state index contributed by atoms with van der Waals surface area (Å²) < 4.78 is 0. The molecule has 1 aromatic rings. The van der Waals surface area contributed by atoms with E-state index in [0.29, 0.717) is 0 Å². The monoisotopic (exact) mass is 161 g/mol. The van der Waals surface area contributed by atoms with Crippen molar-refractivity contribution < 1.29 is 0 Å². The number of benzene rings is 1. The molecule has 2 N–H and O–H groups in total. The van der Waals surface area contributed by atoms with Crippen molar-refractivity contribution in [3.8, 4) is 0 Å². The second-order valence-electron chi connectivity index (χ2n) is 2.38. The summed E-state index contributed by atoms with van der Waals surface area (Å²) in [6, 6.07) is 7.79. The van der Waals surface area contributed by atoms with Crippen LogP contribution < -0.4 is 5.73 Å². The molecule has 0 amide bonds. The fourth-order valence-electron chi connectivity index (χ4n) is 0.566. The van der Waals surface area contributed by atoms with E-state index in [-0.39, 0.29) is 0 Å². The van der Waals surface area contributed by atoms with Crippen LogP contribution in [-0.4, -0.2) is 0 Å². The van der Waals surface area contributed by atoms with Crippen LogP contribution in [-0.2, 0) is 0 Å². The minimum atomic E-state index is 0.829. The van der Waals surface area contributed by atoms with Crippen LogP contribution in [0.1, 0.15) is 5.56 Å². The van der Waals surface area contributed by atoms with E-state index in [0.717, 1.165) is 5.69 Å². The van der Waals surface area contributed by atoms with E-state index in [4.69, 9.17) is 5.73 Å². The van der Waals surface area contributed by atoms with Gasteiger partial charge in [0, 0.05) is 5.69 Å². The average molecular weight is 161 g/mol. The van der Waals surface area contributed by atoms with Gasteiger partial charge in [-0.2, -0.15) is 0 Å². The topological polar surface area (TPSA) is 26.0 Å². The lowest BCUT2D eigenvalue weighted by molar-refractivity contribution is 1.47. The summed E-state index contributed by atoms with van der Waals surface area (Å²) in [5, 5.41) is 0. The van der Waals surface area contributed by atoms with E-state index >= 15 is 0 Å². The molecule has 0 unspecified atom stereocenters. The van der Waals surface area contributed by atoms with Crippen LogP contribution in [0.4, 0.5) is 5.69 Å². The van der Waals surface area contributed by atoms with Crippen LogP contribution in [0, 0.1) is 6.92 Å². The molecule has 0 aliphatic carbocycles. The van der Waals surface area contributed by atoms with E-state index in [1.807, 2.05) is 31.2 Å². The normalized spacial score (nSPS) is 7.75. The van der Waals surface area contributed by atoms with E-state index in [9.17, 15) is 0 Å². The third-order valence-electron chi connectivity index (χ3n) is 1.24. The van der Waals surface area contributed by atoms with Crippen LogP contribution in [0.3, 0.4) is 0 Å². The van der Waals surface area contributed by atoms with Gasteiger partial charge in [-0.15, -0.1) is 0 Å². The molecule has 0 spiro atoms. The predicted octanol–water partition coefficient (Wildman–Crippen LogP) is 2.94. The Balaban J connectivity index is 0.000000261. The van der Waals surface area contributed by atoms with Gasteiger partial charge in [0.25, 0.3) is 0 Å². The number of nitrogen functional groups attached to an aromatic ring is 1. The predicted molar refractivity (Wildman–Crippen MR) is 56.0 cm³/mol. The standard InChI is InChI=1S/C7H9N.C4H6/c1-6-2-4-7(8)5-3-6;1-3-4-2/h2-5H,8H2,1H3;3-4H,1-2H2. The van der Waals surface area contributed by atoms with Crippen LogP contribution in [0.25, 0.3) is 0 Å². The van der Waals surface area contributed by atoms with Crippen LogP contribution in [0.5, 0.6) is 0 Å². The Labute approximate surface area is 74.2 Å². The number of rotatable bonds is 1. The third-order valence-corrected chi connectivity index (χ3v) is 1.24. The van der Waals surface area contributed by atoms with Crippen LogP contribution >= 0.6 is 0 Å². The number of nitrogens with two attached hydrogens (primary N) is 1. The first-order chi connectivity index (χ1) is 5.70. The van der Waals surface area contributed by atoms with Gasteiger partial charge in [0.1, 0.15) is 0 Å². The van der Waals surface area contributed by atoms with Gasteiger partial charge in [-0.05, 0) is 19.1 Å². The molecule has 64 valence electrons. The zero-order valence-electron chi connectivity index (χ0n) is 7.46. The zero-order chi connectivity index (χ0) is 9.40. The molecule has 1 nitrogen and oxygen atoms in total. The van der Waals surface area contributed by atoms with Crippen molar-refractivity contribution in [1.29, 1.82) is 0 Å². The Morgan fingerprint density at radius 3 is 1.75 bits per heavy atom. The second-order valence-corrected chi connectivity index (χ2v) is 2.38. The average Bonchev–Trinajstić information content (AvgIpc) is 2.11. The molecular weight excluding hydrogens is 146 g/mol. The summed E-state index contributed by atoms with van der Waals surface area (Å²) in [7, 11) is 0. The highest BCUT2D eigenvalue weighted by molar-refractivity contribution is 5.38. The molecule has 0 bridgehead atoms. The summed E-state index contributed by atoms with van der Waals surface area (Å²) in [5.74, 6) is 0. The van der Waals surface area contributed by atoms with Crippen molar-refractivity contribution in [1.82, 2.24) is 0 Å². The number of anilines is 1. The molecule has 0 radical (unpaired) electrons. The first-order valence-electron chi connectivity index (χ1n) is 3.76. The highest BCUT2D eigenvalue weighted by Crippen LogP contribution is 2.02. The quantitative estimate of drug-likeness (QED) is 0.497. The number of hydrogen-bond acceptors (Lipinski definition) is 1. The molecule has 12 heavy (non-hydrogen) atoms. The highest BCUT2D eigenvalue weighted by atomic mass is 14.5. The van der Waals surface area contributed by atoms with Crippen molar-refractivity contribution in [2.24, 2.45) is 0 Å². The molecule has 0 saturated heterocycles. The SMILES string of the molecule is C=CC=C.Cc1ccc(N)cc1. The Morgan fingerprint density at radius 2 is 1.50 bits per heavy atom. The fourth-order valence-corrected chi connectivity index (χ4v) is 0.566. The van der Waals surface area contributed by atoms with Gasteiger partial charge in [0.2, 0.25) is 0 Å². The summed E-state index contributed by atoms with van der Waals surface area (Å²) in [6.07, 6.45) is 3.28. The third kappa shape index (κ3) is 5.30. The summed E-state index contributed by atoms with van der Waals surface area (Å²) in [6.45, 7) is 8.76. The molecule has 0 atom stereocenters. The lowest BCUT2D eigenvalue weighted by atomic mass is 10.2. The largest absolute Gasteiger partial charge is 0.399 e. The van der Waals surface area contributed by atoms with Crippen molar-refractivity contribution in [2.45, 2.75) is 6.92 Å². The van der Waals surface area contributed by atoms with E-state index < -0.39 is 0 Å². The summed E-state index contributed by atoms with van der Waals surface area (Å²) in [5.41, 5.74) is 7.51. The van der Waals surface area contributed by atoms with Gasteiger partial charge in [-0.3, -0.25) is 0 Å². The van der Waals surface area contributed by atoms with Crippen molar-refractivity contribution in [3.05, 3.63) is 55.1 Å². The van der Waals surface area contributed by atoms with Crippen LogP contribution in [0.15, 0.2) is 49.6 Å². The van der Waals surface area contributed by atoms with Crippen molar-refractivity contribution in [2.75, 3.05) is 5.73 Å². The molecule has 0 heterocycles. The minimum Gasteiger partial charge on any atom is -0.399 e. The van der Waals surface area contributed by atoms with Gasteiger partial charge in [-0.1, -0.05) is 43.0 Å². The number of allylic oxidation sites excluding steroid dienone is 2. The summed E-state index contributed by atoms with van der Waals surface area (Å²) in [4.78, 5) is 0. The van der Waals surface area contributed by atoms with Gasteiger partial charge in [0.15, 0.2) is 0 Å². The van der Waals surface area contributed by atoms with E-state index in [1.54, 1.807) is 12.2 Å². The highest BCUT2D eigenvalue weighted by Gasteiger charge is 1.80. The van der Waals surface area contributed by atoms with Crippen LogP contribution in [0.2, 0.25) is 0 Å².